The minimum absolute atomic E-state index is 0.00583. The van der Waals surface area contributed by atoms with Crippen LogP contribution in [0.5, 0.6) is 0 Å². The second-order valence-electron chi connectivity index (χ2n) is 3.61. The van der Waals surface area contributed by atoms with Crippen molar-refractivity contribution in [1.29, 1.82) is 5.41 Å². The van der Waals surface area contributed by atoms with Crippen LogP contribution in [0.3, 0.4) is 0 Å². The number of hydrogen-bond donors (Lipinski definition) is 1. The van der Waals surface area contributed by atoms with Gasteiger partial charge in [-0.25, -0.2) is 0 Å². The lowest BCUT2D eigenvalue weighted by atomic mass is 10.0. The summed E-state index contributed by atoms with van der Waals surface area (Å²) in [4.78, 5) is 1.84. The second kappa shape index (κ2) is 3.33. The summed E-state index contributed by atoms with van der Waals surface area (Å²) in [5.41, 5.74) is 1.13. The molecule has 2 rings (SSSR count). The Labute approximate surface area is 83.8 Å². The number of hydrogen-bond acceptors (Lipinski definition) is 2. The molecule has 1 aromatic carbocycles. The summed E-state index contributed by atoms with van der Waals surface area (Å²) in [6.07, 6.45) is -0.00583. The Morgan fingerprint density at radius 2 is 1.93 bits per heavy atom. The van der Waals surface area contributed by atoms with E-state index in [-0.39, 0.29) is 18.2 Å². The van der Waals surface area contributed by atoms with Gasteiger partial charge in [0.2, 0.25) is 0 Å². The highest BCUT2D eigenvalue weighted by Crippen LogP contribution is 2.30. The highest BCUT2D eigenvalue weighted by Gasteiger charge is 2.34. The fraction of sp³-hybridized carbons (Fsp3) is 0.364. The third-order valence-electron chi connectivity index (χ3n) is 2.74. The van der Waals surface area contributed by atoms with Gasteiger partial charge in [0.25, 0.3) is 6.02 Å². The molecule has 1 aliphatic heterocycles. The summed E-state index contributed by atoms with van der Waals surface area (Å²) >= 11 is 0. The van der Waals surface area contributed by atoms with Gasteiger partial charge < -0.3 is 9.64 Å². The molecule has 0 spiro atoms. The van der Waals surface area contributed by atoms with Crippen LogP contribution in [0.2, 0.25) is 0 Å². The van der Waals surface area contributed by atoms with Gasteiger partial charge in [-0.05, 0) is 12.5 Å². The first-order chi connectivity index (χ1) is 6.70. The average Bonchev–Trinajstić information content (AvgIpc) is 2.47. The molecule has 3 nitrogen and oxygen atoms in total. The maximum absolute atomic E-state index is 7.57. The van der Waals surface area contributed by atoms with Gasteiger partial charge in [-0.2, -0.15) is 0 Å². The molecule has 1 heterocycles. The topological polar surface area (TPSA) is 36.3 Å². The quantitative estimate of drug-likeness (QED) is 0.735. The Hall–Kier alpha value is -1.51. The van der Waals surface area contributed by atoms with Gasteiger partial charge in [0.1, 0.15) is 6.10 Å². The molecule has 0 amide bonds. The van der Waals surface area contributed by atoms with Crippen molar-refractivity contribution in [3.8, 4) is 0 Å². The van der Waals surface area contributed by atoms with Crippen LogP contribution in [0.4, 0.5) is 0 Å². The van der Waals surface area contributed by atoms with Gasteiger partial charge >= 0.3 is 0 Å². The van der Waals surface area contributed by atoms with E-state index in [1.165, 1.54) is 0 Å². The van der Waals surface area contributed by atoms with Crippen molar-refractivity contribution in [3.63, 3.8) is 0 Å². The first-order valence-corrected chi connectivity index (χ1v) is 4.73. The summed E-state index contributed by atoms with van der Waals surface area (Å²) in [7, 11) is 1.88. The summed E-state index contributed by atoms with van der Waals surface area (Å²) in [6.45, 7) is 2.07. The number of ether oxygens (including phenoxy) is 1. The van der Waals surface area contributed by atoms with Crippen molar-refractivity contribution in [1.82, 2.24) is 4.90 Å². The predicted molar refractivity (Wildman–Crippen MR) is 55.2 cm³/mol. The summed E-state index contributed by atoms with van der Waals surface area (Å²) in [5.74, 6) is 0. The van der Waals surface area contributed by atoms with E-state index in [0.29, 0.717) is 0 Å². The fourth-order valence-corrected chi connectivity index (χ4v) is 1.68. The van der Waals surface area contributed by atoms with Gasteiger partial charge in [-0.1, -0.05) is 30.3 Å². The average molecular weight is 190 g/mol. The van der Waals surface area contributed by atoms with E-state index in [2.05, 4.69) is 6.92 Å². The number of amidine groups is 1. The maximum atomic E-state index is 7.57. The van der Waals surface area contributed by atoms with Crippen molar-refractivity contribution in [2.24, 2.45) is 0 Å². The van der Waals surface area contributed by atoms with Crippen LogP contribution < -0.4 is 0 Å². The zero-order valence-corrected chi connectivity index (χ0v) is 8.40. The highest BCUT2D eigenvalue weighted by atomic mass is 16.5. The Balaban J connectivity index is 2.26. The lowest BCUT2D eigenvalue weighted by molar-refractivity contribution is 0.201. The number of nitrogens with one attached hydrogen (secondary N) is 1. The molecule has 2 atom stereocenters. The Bertz CT molecular complexity index is 336. The Morgan fingerprint density at radius 1 is 1.29 bits per heavy atom. The normalized spacial score (nSPS) is 26.4. The van der Waals surface area contributed by atoms with E-state index in [1.807, 2.05) is 42.3 Å². The van der Waals surface area contributed by atoms with Crippen molar-refractivity contribution < 1.29 is 4.74 Å². The number of benzene rings is 1. The van der Waals surface area contributed by atoms with Gasteiger partial charge in [0.15, 0.2) is 0 Å². The molecule has 0 aromatic heterocycles. The first-order valence-electron chi connectivity index (χ1n) is 4.73. The lowest BCUT2D eigenvalue weighted by Crippen LogP contribution is -2.27. The van der Waals surface area contributed by atoms with Crippen LogP contribution in [0.1, 0.15) is 18.6 Å². The molecule has 1 aliphatic rings. The summed E-state index contributed by atoms with van der Waals surface area (Å²) in [5, 5.41) is 7.57. The molecule has 1 saturated heterocycles. The maximum Gasteiger partial charge on any atom is 0.285 e. The van der Waals surface area contributed by atoms with Crippen LogP contribution in [-0.2, 0) is 4.74 Å². The van der Waals surface area contributed by atoms with Gasteiger partial charge in [-0.3, -0.25) is 5.41 Å². The molecule has 0 bridgehead atoms. The molecule has 1 fully saturated rings. The van der Waals surface area contributed by atoms with Crippen LogP contribution in [0.15, 0.2) is 30.3 Å². The van der Waals surface area contributed by atoms with Gasteiger partial charge in [0.05, 0.1) is 6.04 Å². The smallest absolute Gasteiger partial charge is 0.285 e. The molecule has 3 heteroatoms. The highest BCUT2D eigenvalue weighted by molar-refractivity contribution is 5.73. The molecule has 0 saturated carbocycles. The monoisotopic (exact) mass is 190 g/mol. The first kappa shape index (κ1) is 9.06. The Kier molecular flexibility index (Phi) is 2.15. The zero-order chi connectivity index (χ0) is 10.1. The van der Waals surface area contributed by atoms with Crippen molar-refractivity contribution >= 4 is 6.02 Å². The van der Waals surface area contributed by atoms with E-state index < -0.39 is 0 Å². The van der Waals surface area contributed by atoms with Crippen molar-refractivity contribution in [2.45, 2.75) is 19.1 Å². The Morgan fingerprint density at radius 3 is 2.43 bits per heavy atom. The van der Waals surface area contributed by atoms with Gasteiger partial charge in [-0.15, -0.1) is 0 Å². The second-order valence-corrected chi connectivity index (χ2v) is 3.61. The molecule has 0 aliphatic carbocycles. The molecule has 1 N–H and O–H groups in total. The largest absolute Gasteiger partial charge is 0.455 e. The van der Waals surface area contributed by atoms with Crippen molar-refractivity contribution in [3.05, 3.63) is 35.9 Å². The molecule has 74 valence electrons. The fourth-order valence-electron chi connectivity index (χ4n) is 1.68. The van der Waals surface area contributed by atoms with Crippen LogP contribution in [0, 0.1) is 5.41 Å². The molecule has 1 aromatic rings. The van der Waals surface area contributed by atoms with E-state index >= 15 is 0 Å². The van der Waals surface area contributed by atoms with Gasteiger partial charge in [0, 0.05) is 7.05 Å². The standard InChI is InChI=1S/C11H14N2O/c1-8-10(14-11(12)13(8)2)9-6-4-3-5-7-9/h3-8,10,12H,1-2H3/t8-,10-/m0/s1. The van der Waals surface area contributed by atoms with Crippen LogP contribution in [0.25, 0.3) is 0 Å². The minimum atomic E-state index is -0.00583. The molecular formula is C11H14N2O. The zero-order valence-electron chi connectivity index (χ0n) is 8.40. The molecule has 14 heavy (non-hydrogen) atoms. The van der Waals surface area contributed by atoms with E-state index in [0.717, 1.165) is 5.56 Å². The predicted octanol–water partition coefficient (Wildman–Crippen LogP) is 2.01. The van der Waals surface area contributed by atoms with Crippen molar-refractivity contribution in [2.75, 3.05) is 7.05 Å². The number of rotatable bonds is 1. The third-order valence-corrected chi connectivity index (χ3v) is 2.74. The molecular weight excluding hydrogens is 176 g/mol. The van der Waals surface area contributed by atoms with E-state index in [1.54, 1.807) is 0 Å². The molecule has 0 unspecified atom stereocenters. The summed E-state index contributed by atoms with van der Waals surface area (Å²) in [6, 6.07) is 10.5. The van der Waals surface area contributed by atoms with Crippen LogP contribution >= 0.6 is 0 Å². The third kappa shape index (κ3) is 1.35. The lowest BCUT2D eigenvalue weighted by Gasteiger charge is -2.16. The summed E-state index contributed by atoms with van der Waals surface area (Å²) < 4.78 is 5.48. The number of nitrogens with zero attached hydrogens (tertiary/aromatic N) is 1. The molecule has 0 radical (unpaired) electrons. The van der Waals surface area contributed by atoms with E-state index in [4.69, 9.17) is 10.1 Å². The number of likely N-dealkylation sites (N-methyl/N-ethyl adjacent to an activating group) is 1. The van der Waals surface area contributed by atoms with E-state index in [9.17, 15) is 0 Å². The van der Waals surface area contributed by atoms with Crippen LogP contribution in [-0.4, -0.2) is 24.0 Å². The SMILES string of the molecule is C[C@H]1[C@@H](c2ccccc2)OC(=N)N1C. The minimum Gasteiger partial charge on any atom is -0.455 e.